The van der Waals surface area contributed by atoms with Gasteiger partial charge < -0.3 is 4.90 Å². The lowest BCUT2D eigenvalue weighted by Gasteiger charge is -2.34. The predicted octanol–water partition coefficient (Wildman–Crippen LogP) is 2.07. The fraction of sp³-hybridized carbons (Fsp3) is 0.429. The van der Waals surface area contributed by atoms with Gasteiger partial charge in [0.25, 0.3) is 5.91 Å². The van der Waals surface area contributed by atoms with Crippen molar-refractivity contribution in [2.24, 2.45) is 0 Å². The lowest BCUT2D eigenvalue weighted by atomic mass is 10.1. The minimum atomic E-state index is -3.62. The predicted molar refractivity (Wildman–Crippen MR) is 112 cm³/mol. The number of hydrogen-bond donors (Lipinski definition) is 0. The first kappa shape index (κ1) is 21.4. The highest BCUT2D eigenvalue weighted by Crippen LogP contribution is 2.19. The van der Waals surface area contributed by atoms with E-state index in [0.29, 0.717) is 18.7 Å². The van der Waals surface area contributed by atoms with E-state index in [9.17, 15) is 13.2 Å². The third-order valence-electron chi connectivity index (χ3n) is 5.30. The second kappa shape index (κ2) is 9.02. The highest BCUT2D eigenvalue weighted by Gasteiger charge is 2.26. The minimum Gasteiger partial charge on any atom is -0.336 e. The summed E-state index contributed by atoms with van der Waals surface area (Å²) in [4.78, 5) is 21.2. The summed E-state index contributed by atoms with van der Waals surface area (Å²) in [6.45, 7) is 7.26. The van der Waals surface area contributed by atoms with Gasteiger partial charge in [-0.05, 0) is 49.7 Å². The SMILES string of the molecule is CC(C)N(C)S(=O)(=O)c1cccc(C(=O)N2CCN(Cc3ccncc3)CC2)c1. The molecule has 29 heavy (non-hydrogen) atoms. The van der Waals surface area contributed by atoms with Crippen molar-refractivity contribution in [3.05, 3.63) is 59.9 Å². The van der Waals surface area contributed by atoms with Gasteiger partial charge in [0.05, 0.1) is 4.90 Å². The molecular formula is C21H28N4O3S. The topological polar surface area (TPSA) is 73.8 Å². The molecule has 0 saturated carbocycles. The molecule has 0 unspecified atom stereocenters. The molecule has 1 saturated heterocycles. The molecule has 1 aliphatic rings. The maximum absolute atomic E-state index is 12.9. The molecule has 8 heteroatoms. The number of pyridine rings is 1. The number of benzene rings is 1. The van der Waals surface area contributed by atoms with E-state index in [1.54, 1.807) is 36.5 Å². The van der Waals surface area contributed by atoms with E-state index in [0.717, 1.165) is 19.6 Å². The van der Waals surface area contributed by atoms with Crippen molar-refractivity contribution in [2.75, 3.05) is 33.2 Å². The van der Waals surface area contributed by atoms with Gasteiger partial charge >= 0.3 is 0 Å². The molecule has 1 aliphatic heterocycles. The monoisotopic (exact) mass is 416 g/mol. The van der Waals surface area contributed by atoms with Crippen LogP contribution in [0.15, 0.2) is 53.7 Å². The summed E-state index contributed by atoms with van der Waals surface area (Å²) in [5.41, 5.74) is 1.61. The van der Waals surface area contributed by atoms with Crippen LogP contribution in [0, 0.1) is 0 Å². The van der Waals surface area contributed by atoms with Crippen LogP contribution in [0.2, 0.25) is 0 Å². The zero-order chi connectivity index (χ0) is 21.0. The Hall–Kier alpha value is -2.29. The van der Waals surface area contributed by atoms with E-state index < -0.39 is 10.0 Å². The maximum Gasteiger partial charge on any atom is 0.253 e. The molecule has 0 atom stereocenters. The fourth-order valence-electron chi connectivity index (χ4n) is 3.27. The van der Waals surface area contributed by atoms with Crippen molar-refractivity contribution in [3.63, 3.8) is 0 Å². The first-order valence-electron chi connectivity index (χ1n) is 9.77. The van der Waals surface area contributed by atoms with Crippen molar-refractivity contribution in [1.29, 1.82) is 0 Å². The third-order valence-corrected chi connectivity index (χ3v) is 7.33. The van der Waals surface area contributed by atoms with Crippen molar-refractivity contribution in [1.82, 2.24) is 19.1 Å². The molecule has 0 radical (unpaired) electrons. The van der Waals surface area contributed by atoms with Crippen molar-refractivity contribution in [3.8, 4) is 0 Å². The highest BCUT2D eigenvalue weighted by molar-refractivity contribution is 7.89. The first-order valence-corrected chi connectivity index (χ1v) is 11.2. The van der Waals surface area contributed by atoms with Crippen molar-refractivity contribution >= 4 is 15.9 Å². The number of nitrogens with zero attached hydrogens (tertiary/aromatic N) is 4. The van der Waals surface area contributed by atoms with Gasteiger partial charge in [0.1, 0.15) is 0 Å². The third kappa shape index (κ3) is 5.01. The molecule has 1 aromatic heterocycles. The number of piperazine rings is 1. The molecule has 1 fully saturated rings. The standard InChI is InChI=1S/C21H28N4O3S/c1-17(2)23(3)29(27,28)20-6-4-5-19(15-20)21(26)25-13-11-24(12-14-25)16-18-7-9-22-10-8-18/h4-10,15,17H,11-14,16H2,1-3H3. The van der Waals surface area contributed by atoms with E-state index in [4.69, 9.17) is 0 Å². The second-order valence-electron chi connectivity index (χ2n) is 7.57. The number of hydrogen-bond acceptors (Lipinski definition) is 5. The van der Waals surface area contributed by atoms with Gasteiger partial charge in [-0.3, -0.25) is 14.7 Å². The number of rotatable bonds is 6. The molecule has 7 nitrogen and oxygen atoms in total. The minimum absolute atomic E-state index is 0.127. The summed E-state index contributed by atoms with van der Waals surface area (Å²) in [6.07, 6.45) is 3.57. The van der Waals surface area contributed by atoms with Crippen LogP contribution in [0.5, 0.6) is 0 Å². The van der Waals surface area contributed by atoms with Gasteiger partial charge in [0.2, 0.25) is 10.0 Å². The normalized spacial score (nSPS) is 15.8. The van der Waals surface area contributed by atoms with E-state index in [1.807, 2.05) is 26.0 Å². The Morgan fingerprint density at radius 1 is 1.10 bits per heavy atom. The van der Waals surface area contributed by atoms with Crippen LogP contribution < -0.4 is 0 Å². The Labute approximate surface area is 173 Å². The summed E-state index contributed by atoms with van der Waals surface area (Å²) in [5, 5.41) is 0. The van der Waals surface area contributed by atoms with E-state index in [1.165, 1.54) is 22.0 Å². The van der Waals surface area contributed by atoms with Crippen LogP contribution in [-0.4, -0.2) is 72.7 Å². The lowest BCUT2D eigenvalue weighted by molar-refractivity contribution is 0.0628. The van der Waals surface area contributed by atoms with Crippen LogP contribution in [0.3, 0.4) is 0 Å². The molecule has 2 aromatic rings. The number of amides is 1. The molecule has 0 aliphatic carbocycles. The fourth-order valence-corrected chi connectivity index (χ4v) is 4.69. The Kier molecular flexibility index (Phi) is 6.66. The van der Waals surface area contributed by atoms with E-state index in [2.05, 4.69) is 9.88 Å². The Morgan fingerprint density at radius 2 is 1.76 bits per heavy atom. The highest BCUT2D eigenvalue weighted by atomic mass is 32.2. The summed E-state index contributed by atoms with van der Waals surface area (Å²) in [6, 6.07) is 10.2. The summed E-state index contributed by atoms with van der Waals surface area (Å²) in [7, 11) is -2.07. The van der Waals surface area contributed by atoms with Crippen LogP contribution in [0.25, 0.3) is 0 Å². The Morgan fingerprint density at radius 3 is 2.38 bits per heavy atom. The van der Waals surface area contributed by atoms with Gasteiger partial charge in [-0.25, -0.2) is 8.42 Å². The van der Waals surface area contributed by atoms with Gasteiger partial charge in [-0.15, -0.1) is 0 Å². The number of carbonyl (C=O) groups excluding carboxylic acids is 1. The van der Waals surface area contributed by atoms with Gasteiger partial charge in [0, 0.05) is 63.8 Å². The first-order chi connectivity index (χ1) is 13.8. The lowest BCUT2D eigenvalue weighted by Crippen LogP contribution is -2.48. The van der Waals surface area contributed by atoms with Crippen molar-refractivity contribution in [2.45, 2.75) is 31.3 Å². The molecular weight excluding hydrogens is 388 g/mol. The number of aromatic nitrogens is 1. The molecule has 1 aromatic carbocycles. The molecule has 0 bridgehead atoms. The molecule has 0 spiro atoms. The maximum atomic E-state index is 12.9. The van der Waals surface area contributed by atoms with Gasteiger partial charge in [-0.2, -0.15) is 4.31 Å². The summed E-state index contributed by atoms with van der Waals surface area (Å²) in [5.74, 6) is -0.127. The molecule has 2 heterocycles. The average molecular weight is 417 g/mol. The quantitative estimate of drug-likeness (QED) is 0.721. The molecule has 3 rings (SSSR count). The summed E-state index contributed by atoms with van der Waals surface area (Å²) >= 11 is 0. The van der Waals surface area contributed by atoms with Crippen LogP contribution >= 0.6 is 0 Å². The summed E-state index contributed by atoms with van der Waals surface area (Å²) < 4.78 is 26.8. The Balaban J connectivity index is 1.66. The van der Waals surface area contributed by atoms with Crippen LogP contribution in [0.1, 0.15) is 29.8 Å². The number of sulfonamides is 1. The molecule has 1 amide bonds. The number of carbonyl (C=O) groups is 1. The zero-order valence-corrected chi connectivity index (χ0v) is 18.0. The molecule has 156 valence electrons. The van der Waals surface area contributed by atoms with E-state index in [-0.39, 0.29) is 16.8 Å². The van der Waals surface area contributed by atoms with E-state index >= 15 is 0 Å². The largest absolute Gasteiger partial charge is 0.336 e. The Bertz CT molecular complexity index is 939. The molecule has 0 N–H and O–H groups in total. The second-order valence-corrected chi connectivity index (χ2v) is 9.56. The van der Waals surface area contributed by atoms with Crippen LogP contribution in [-0.2, 0) is 16.6 Å². The smallest absolute Gasteiger partial charge is 0.253 e. The zero-order valence-electron chi connectivity index (χ0n) is 17.2. The van der Waals surface area contributed by atoms with Crippen molar-refractivity contribution < 1.29 is 13.2 Å². The average Bonchev–Trinajstić information content (AvgIpc) is 2.74. The van der Waals surface area contributed by atoms with Gasteiger partial charge in [-0.1, -0.05) is 6.07 Å². The van der Waals surface area contributed by atoms with Gasteiger partial charge in [0.15, 0.2) is 0 Å². The van der Waals surface area contributed by atoms with Crippen LogP contribution in [0.4, 0.5) is 0 Å².